The first-order chi connectivity index (χ1) is 17.1. The van der Waals surface area contributed by atoms with E-state index in [1.807, 2.05) is 39.8 Å². The molecule has 192 valence electrons. The average molecular weight is 516 g/mol. The molecule has 1 N–H and O–H groups in total. The number of anilines is 1. The van der Waals surface area contributed by atoms with Gasteiger partial charge >= 0.3 is 6.09 Å². The maximum atomic E-state index is 14.3. The Bertz CT molecular complexity index is 1240. The zero-order valence-electron chi connectivity index (χ0n) is 20.9. The van der Waals surface area contributed by atoms with Crippen molar-refractivity contribution in [1.82, 2.24) is 20.3 Å². The van der Waals surface area contributed by atoms with Gasteiger partial charge in [-0.25, -0.2) is 24.1 Å². The minimum Gasteiger partial charge on any atom is -0.493 e. The molecule has 1 aliphatic rings. The van der Waals surface area contributed by atoms with Gasteiger partial charge in [0.25, 0.3) is 0 Å². The molecule has 36 heavy (non-hydrogen) atoms. The van der Waals surface area contributed by atoms with Gasteiger partial charge in [-0.2, -0.15) is 0 Å². The highest BCUT2D eigenvalue weighted by Gasteiger charge is 2.30. The van der Waals surface area contributed by atoms with Crippen molar-refractivity contribution in [2.45, 2.75) is 64.6 Å². The molecule has 0 unspecified atom stereocenters. The third kappa shape index (κ3) is 6.32. The number of hydrogen-bond acceptors (Lipinski definition) is 7. The van der Waals surface area contributed by atoms with Gasteiger partial charge in [0.05, 0.1) is 18.2 Å². The van der Waals surface area contributed by atoms with Crippen LogP contribution >= 0.6 is 11.6 Å². The van der Waals surface area contributed by atoms with Crippen LogP contribution in [0.15, 0.2) is 36.7 Å². The van der Waals surface area contributed by atoms with E-state index >= 15 is 0 Å². The highest BCUT2D eigenvalue weighted by molar-refractivity contribution is 6.33. The number of benzene rings is 1. The number of alkyl carbamates (subject to hydrolysis) is 1. The lowest BCUT2D eigenvalue weighted by molar-refractivity contribution is 0.0503. The lowest BCUT2D eigenvalue weighted by Crippen LogP contribution is -2.38. The van der Waals surface area contributed by atoms with Gasteiger partial charge in [-0.1, -0.05) is 11.6 Å². The SMILES string of the molecule is C[C@H](CCOc1ccc(F)cc1[C@H]1CCCN1c1ccc2ncnc(Cl)c2n1)NC(=O)OC(C)(C)C. The number of nitrogens with one attached hydrogen (secondary N) is 1. The van der Waals surface area contributed by atoms with Crippen LogP contribution in [-0.2, 0) is 4.74 Å². The van der Waals surface area contributed by atoms with E-state index < -0.39 is 11.7 Å². The molecule has 0 radical (unpaired) electrons. The van der Waals surface area contributed by atoms with Crippen LogP contribution in [0.4, 0.5) is 15.0 Å². The summed E-state index contributed by atoms with van der Waals surface area (Å²) in [4.78, 5) is 27.1. The number of nitrogens with zero attached hydrogens (tertiary/aromatic N) is 4. The van der Waals surface area contributed by atoms with E-state index in [0.717, 1.165) is 30.8 Å². The number of carbonyl (C=O) groups excluding carboxylic acids is 1. The molecular formula is C26H31ClFN5O3. The molecule has 0 saturated carbocycles. The van der Waals surface area contributed by atoms with Gasteiger partial charge in [-0.05, 0) is 70.9 Å². The van der Waals surface area contributed by atoms with E-state index in [-0.39, 0.29) is 17.9 Å². The van der Waals surface area contributed by atoms with Crippen molar-refractivity contribution < 1.29 is 18.7 Å². The molecule has 3 aromatic rings. The molecule has 0 bridgehead atoms. The molecule has 8 nitrogen and oxygen atoms in total. The van der Waals surface area contributed by atoms with Gasteiger partial charge in [0.15, 0.2) is 5.15 Å². The minimum atomic E-state index is -0.561. The van der Waals surface area contributed by atoms with E-state index in [1.54, 1.807) is 6.07 Å². The Hall–Kier alpha value is -3.20. The molecule has 1 saturated heterocycles. The van der Waals surface area contributed by atoms with Crippen LogP contribution in [-0.4, -0.2) is 45.8 Å². The number of amides is 1. The van der Waals surface area contributed by atoms with Crippen LogP contribution in [0, 0.1) is 5.82 Å². The van der Waals surface area contributed by atoms with Crippen LogP contribution in [0.3, 0.4) is 0 Å². The number of rotatable bonds is 7. The number of ether oxygens (including phenoxy) is 2. The highest BCUT2D eigenvalue weighted by Crippen LogP contribution is 2.40. The predicted octanol–water partition coefficient (Wildman–Crippen LogP) is 5.84. The summed E-state index contributed by atoms with van der Waals surface area (Å²) >= 11 is 6.24. The highest BCUT2D eigenvalue weighted by atomic mass is 35.5. The molecule has 1 aliphatic heterocycles. The van der Waals surface area contributed by atoms with Crippen molar-refractivity contribution in [3.63, 3.8) is 0 Å². The summed E-state index contributed by atoms with van der Waals surface area (Å²) in [5.41, 5.74) is 1.40. The van der Waals surface area contributed by atoms with E-state index in [2.05, 4.69) is 20.2 Å². The van der Waals surface area contributed by atoms with Crippen LogP contribution < -0.4 is 15.0 Å². The Morgan fingerprint density at radius 2 is 2.08 bits per heavy atom. The van der Waals surface area contributed by atoms with Crippen molar-refractivity contribution in [2.75, 3.05) is 18.1 Å². The summed E-state index contributed by atoms with van der Waals surface area (Å²) in [6, 6.07) is 8.08. The Morgan fingerprint density at radius 1 is 1.28 bits per heavy atom. The molecule has 10 heteroatoms. The molecule has 3 heterocycles. The van der Waals surface area contributed by atoms with Gasteiger partial charge in [-0.15, -0.1) is 0 Å². The van der Waals surface area contributed by atoms with Crippen molar-refractivity contribution in [3.8, 4) is 5.75 Å². The molecule has 0 aliphatic carbocycles. The second-order valence-electron chi connectivity index (χ2n) is 9.92. The summed E-state index contributed by atoms with van der Waals surface area (Å²) in [6.07, 6.45) is 3.26. The first-order valence-corrected chi connectivity index (χ1v) is 12.4. The number of carbonyl (C=O) groups is 1. The number of pyridine rings is 1. The fraction of sp³-hybridized carbons (Fsp3) is 0.462. The zero-order valence-corrected chi connectivity index (χ0v) is 21.7. The Balaban J connectivity index is 1.47. The van der Waals surface area contributed by atoms with E-state index in [0.29, 0.717) is 35.0 Å². The fourth-order valence-electron chi connectivity index (χ4n) is 4.26. The molecule has 1 aromatic carbocycles. The molecule has 1 fully saturated rings. The van der Waals surface area contributed by atoms with Crippen molar-refractivity contribution in [1.29, 1.82) is 0 Å². The maximum absolute atomic E-state index is 14.3. The normalized spacial score (nSPS) is 16.7. The van der Waals surface area contributed by atoms with Gasteiger partial charge in [-0.3, -0.25) is 0 Å². The van der Waals surface area contributed by atoms with Crippen molar-refractivity contribution in [2.24, 2.45) is 0 Å². The Labute approximate surface area is 215 Å². The number of hydrogen-bond donors (Lipinski definition) is 1. The van der Waals surface area contributed by atoms with E-state index in [4.69, 9.17) is 26.1 Å². The van der Waals surface area contributed by atoms with Crippen molar-refractivity contribution >= 4 is 34.5 Å². The third-order valence-electron chi connectivity index (χ3n) is 5.87. The van der Waals surface area contributed by atoms with E-state index in [1.165, 1.54) is 18.5 Å². The van der Waals surface area contributed by atoms with Crippen LogP contribution in [0.5, 0.6) is 5.75 Å². The molecule has 1 amide bonds. The Morgan fingerprint density at radius 3 is 2.86 bits per heavy atom. The third-order valence-corrected chi connectivity index (χ3v) is 6.15. The summed E-state index contributed by atoms with van der Waals surface area (Å²) in [7, 11) is 0. The standard InChI is InChI=1S/C26H31ClFN5O3/c1-16(31-25(34)36-26(2,3)4)11-13-35-21-9-7-17(28)14-18(21)20-6-5-12-33(20)22-10-8-19-23(32-22)24(27)30-15-29-19/h7-10,14-16,20H,5-6,11-13H2,1-4H3,(H,31,34)/t16-,20-/m1/s1. The Kier molecular flexibility index (Phi) is 7.78. The second kappa shape index (κ2) is 10.8. The molecule has 2 aromatic heterocycles. The number of aromatic nitrogens is 3. The lowest BCUT2D eigenvalue weighted by atomic mass is 10.0. The monoisotopic (exact) mass is 515 g/mol. The zero-order chi connectivity index (χ0) is 25.9. The van der Waals surface area contributed by atoms with E-state index in [9.17, 15) is 9.18 Å². The lowest BCUT2D eigenvalue weighted by Gasteiger charge is -2.28. The average Bonchev–Trinajstić information content (AvgIpc) is 3.28. The second-order valence-corrected chi connectivity index (χ2v) is 10.3. The van der Waals surface area contributed by atoms with Crippen LogP contribution in [0.1, 0.15) is 58.6 Å². The topological polar surface area (TPSA) is 89.5 Å². The number of halogens is 2. The fourth-order valence-corrected chi connectivity index (χ4v) is 4.45. The summed E-state index contributed by atoms with van der Waals surface area (Å²) in [5.74, 6) is 1.01. The largest absolute Gasteiger partial charge is 0.493 e. The van der Waals surface area contributed by atoms with Gasteiger partial charge < -0.3 is 19.7 Å². The van der Waals surface area contributed by atoms with Gasteiger partial charge in [0.1, 0.15) is 34.8 Å². The predicted molar refractivity (Wildman–Crippen MR) is 137 cm³/mol. The molecule has 2 atom stereocenters. The summed E-state index contributed by atoms with van der Waals surface area (Å²) < 4.78 is 25.7. The quantitative estimate of drug-likeness (QED) is 0.395. The maximum Gasteiger partial charge on any atom is 0.407 e. The first kappa shape index (κ1) is 25.9. The van der Waals surface area contributed by atoms with Crippen LogP contribution in [0.2, 0.25) is 5.15 Å². The van der Waals surface area contributed by atoms with Crippen LogP contribution in [0.25, 0.3) is 11.0 Å². The first-order valence-electron chi connectivity index (χ1n) is 12.1. The summed E-state index contributed by atoms with van der Waals surface area (Å²) in [5, 5.41) is 3.10. The molecule has 0 spiro atoms. The summed E-state index contributed by atoms with van der Waals surface area (Å²) in [6.45, 7) is 8.46. The molecule has 4 rings (SSSR count). The van der Waals surface area contributed by atoms with Gasteiger partial charge in [0.2, 0.25) is 0 Å². The number of fused-ring (bicyclic) bond motifs is 1. The molecular weight excluding hydrogens is 485 g/mol. The van der Waals surface area contributed by atoms with Crippen molar-refractivity contribution in [3.05, 3.63) is 53.2 Å². The van der Waals surface area contributed by atoms with Gasteiger partial charge in [0, 0.05) is 24.6 Å². The smallest absolute Gasteiger partial charge is 0.407 e. The minimum absolute atomic E-state index is 0.110.